The summed E-state index contributed by atoms with van der Waals surface area (Å²) in [4.78, 5) is 37.1. The van der Waals surface area contributed by atoms with Gasteiger partial charge in [0.2, 0.25) is 5.91 Å². The van der Waals surface area contributed by atoms with Crippen LogP contribution < -0.4 is 5.32 Å². The number of non-ortho nitro benzene ring substituents is 1. The standard InChI is InChI=1S/C18H12N4O5S/c23-17(9-8-12-4-1-2-7-16(12)22(26)27)20-18-19-15(11-28-18)13-5-3-6-14(10-13)21(24)25/h1-11H,(H,19,20,23)/b9-8+. The third-order valence-corrected chi connectivity index (χ3v) is 4.39. The number of carbonyl (C=O) groups is 1. The maximum absolute atomic E-state index is 12.1. The van der Waals surface area contributed by atoms with Gasteiger partial charge in [0, 0.05) is 35.2 Å². The number of carbonyl (C=O) groups excluding carboxylic acids is 1. The van der Waals surface area contributed by atoms with Crippen LogP contribution in [0.3, 0.4) is 0 Å². The van der Waals surface area contributed by atoms with Crippen molar-refractivity contribution in [2.24, 2.45) is 0 Å². The fraction of sp³-hybridized carbons (Fsp3) is 0. The van der Waals surface area contributed by atoms with Gasteiger partial charge in [0.25, 0.3) is 11.4 Å². The highest BCUT2D eigenvalue weighted by atomic mass is 32.1. The number of anilines is 1. The lowest BCUT2D eigenvalue weighted by atomic mass is 10.1. The second-order valence-electron chi connectivity index (χ2n) is 5.48. The van der Waals surface area contributed by atoms with Crippen LogP contribution >= 0.6 is 11.3 Å². The molecule has 0 saturated heterocycles. The van der Waals surface area contributed by atoms with Crippen LogP contribution in [0.25, 0.3) is 17.3 Å². The first-order valence-corrected chi connectivity index (χ1v) is 8.75. The highest BCUT2D eigenvalue weighted by Crippen LogP contribution is 2.27. The maximum atomic E-state index is 12.1. The van der Waals surface area contributed by atoms with Crippen molar-refractivity contribution in [3.63, 3.8) is 0 Å². The molecule has 1 heterocycles. The molecule has 0 saturated carbocycles. The highest BCUT2D eigenvalue weighted by molar-refractivity contribution is 7.14. The maximum Gasteiger partial charge on any atom is 0.276 e. The van der Waals surface area contributed by atoms with E-state index in [0.29, 0.717) is 22.0 Å². The number of benzene rings is 2. The Balaban J connectivity index is 1.72. The summed E-state index contributed by atoms with van der Waals surface area (Å²) in [6.07, 6.45) is 2.53. The van der Waals surface area contributed by atoms with Gasteiger partial charge in [-0.05, 0) is 12.1 Å². The first-order chi connectivity index (χ1) is 13.4. The zero-order valence-electron chi connectivity index (χ0n) is 14.1. The molecule has 0 atom stereocenters. The molecule has 1 aromatic heterocycles. The molecule has 1 N–H and O–H groups in total. The fourth-order valence-corrected chi connectivity index (χ4v) is 3.07. The number of nitrogens with one attached hydrogen (secondary N) is 1. The van der Waals surface area contributed by atoms with Crippen molar-refractivity contribution >= 4 is 39.8 Å². The largest absolute Gasteiger partial charge is 0.298 e. The van der Waals surface area contributed by atoms with Crippen LogP contribution in [0.5, 0.6) is 0 Å². The third kappa shape index (κ3) is 4.43. The number of thiazole rings is 1. The molecule has 3 rings (SSSR count). The van der Waals surface area contributed by atoms with E-state index in [-0.39, 0.29) is 11.4 Å². The van der Waals surface area contributed by atoms with Crippen molar-refractivity contribution in [3.8, 4) is 11.3 Å². The number of hydrogen-bond donors (Lipinski definition) is 1. The van der Waals surface area contributed by atoms with E-state index in [2.05, 4.69) is 10.3 Å². The Hall–Kier alpha value is -3.92. The summed E-state index contributed by atoms with van der Waals surface area (Å²) < 4.78 is 0. The molecule has 0 fully saturated rings. The topological polar surface area (TPSA) is 128 Å². The summed E-state index contributed by atoms with van der Waals surface area (Å²) in [5.41, 5.74) is 1.20. The van der Waals surface area contributed by atoms with Crippen molar-refractivity contribution < 1.29 is 14.6 Å². The fourth-order valence-electron chi connectivity index (χ4n) is 2.35. The Labute approximate surface area is 162 Å². The van der Waals surface area contributed by atoms with Crippen molar-refractivity contribution in [1.29, 1.82) is 0 Å². The second kappa shape index (κ2) is 8.18. The van der Waals surface area contributed by atoms with Crippen molar-refractivity contribution in [2.45, 2.75) is 0 Å². The molecule has 0 aliphatic carbocycles. The van der Waals surface area contributed by atoms with Gasteiger partial charge in [-0.1, -0.05) is 24.3 Å². The van der Waals surface area contributed by atoms with Crippen molar-refractivity contribution in [2.75, 3.05) is 5.32 Å². The molecule has 3 aromatic rings. The first kappa shape index (κ1) is 18.9. The molecule has 0 aliphatic heterocycles. The Morgan fingerprint density at radius 3 is 2.61 bits per heavy atom. The summed E-state index contributed by atoms with van der Waals surface area (Å²) in [6.45, 7) is 0. The van der Waals surface area contributed by atoms with Gasteiger partial charge < -0.3 is 0 Å². The zero-order valence-corrected chi connectivity index (χ0v) is 15.0. The zero-order chi connectivity index (χ0) is 20.1. The summed E-state index contributed by atoms with van der Waals surface area (Å²) >= 11 is 1.16. The van der Waals surface area contributed by atoms with E-state index in [1.165, 1.54) is 36.4 Å². The SMILES string of the molecule is O=C(/C=C/c1ccccc1[N+](=O)[O-])Nc1nc(-c2cccc([N+](=O)[O-])c2)cs1. The minimum absolute atomic E-state index is 0.0523. The van der Waals surface area contributed by atoms with Gasteiger partial charge >= 0.3 is 0 Å². The molecule has 0 radical (unpaired) electrons. The number of nitrogens with zero attached hydrogens (tertiary/aromatic N) is 3. The first-order valence-electron chi connectivity index (χ1n) is 7.87. The molecule has 0 unspecified atom stereocenters. The van der Waals surface area contributed by atoms with E-state index in [9.17, 15) is 25.0 Å². The lowest BCUT2D eigenvalue weighted by Gasteiger charge is -1.98. The van der Waals surface area contributed by atoms with Gasteiger partial charge in [-0.15, -0.1) is 11.3 Å². The van der Waals surface area contributed by atoms with Crippen LogP contribution in [0, 0.1) is 20.2 Å². The van der Waals surface area contributed by atoms with E-state index in [1.807, 2.05) is 0 Å². The van der Waals surface area contributed by atoms with Crippen LogP contribution in [-0.2, 0) is 4.79 Å². The predicted octanol–water partition coefficient (Wildman–Crippen LogP) is 4.28. The number of rotatable bonds is 6. The van der Waals surface area contributed by atoms with Crippen molar-refractivity contribution in [3.05, 3.63) is 85.8 Å². The van der Waals surface area contributed by atoms with Crippen LogP contribution in [0.2, 0.25) is 0 Å². The molecule has 140 valence electrons. The number of nitro benzene ring substituents is 2. The molecular weight excluding hydrogens is 384 g/mol. The van der Waals surface area contributed by atoms with Gasteiger partial charge in [0.15, 0.2) is 5.13 Å². The van der Waals surface area contributed by atoms with E-state index < -0.39 is 15.8 Å². The highest BCUT2D eigenvalue weighted by Gasteiger charge is 2.12. The lowest BCUT2D eigenvalue weighted by Crippen LogP contribution is -2.07. The predicted molar refractivity (Wildman–Crippen MR) is 105 cm³/mol. The number of aromatic nitrogens is 1. The Bertz CT molecular complexity index is 1090. The van der Waals surface area contributed by atoms with Gasteiger partial charge in [-0.25, -0.2) is 4.98 Å². The summed E-state index contributed by atoms with van der Waals surface area (Å²) in [7, 11) is 0. The minimum atomic E-state index is -0.524. The van der Waals surface area contributed by atoms with Crippen LogP contribution in [0.4, 0.5) is 16.5 Å². The number of hydrogen-bond acceptors (Lipinski definition) is 7. The average molecular weight is 396 g/mol. The summed E-state index contributed by atoms with van der Waals surface area (Å²) in [5, 5.41) is 26.4. The lowest BCUT2D eigenvalue weighted by molar-refractivity contribution is -0.385. The number of amides is 1. The molecule has 9 nitrogen and oxygen atoms in total. The van der Waals surface area contributed by atoms with Crippen LogP contribution in [-0.4, -0.2) is 20.7 Å². The average Bonchev–Trinajstić information content (AvgIpc) is 3.15. The molecule has 1 amide bonds. The van der Waals surface area contributed by atoms with Gasteiger partial charge in [-0.3, -0.25) is 30.3 Å². The normalized spacial score (nSPS) is 10.7. The molecule has 0 bridgehead atoms. The molecule has 28 heavy (non-hydrogen) atoms. The third-order valence-electron chi connectivity index (χ3n) is 3.63. The number of nitro groups is 2. The van der Waals surface area contributed by atoms with Crippen LogP contribution in [0.15, 0.2) is 60.0 Å². The van der Waals surface area contributed by atoms with Gasteiger partial charge in [-0.2, -0.15) is 0 Å². The van der Waals surface area contributed by atoms with Gasteiger partial charge in [0.05, 0.1) is 21.1 Å². The quantitative estimate of drug-likeness (QED) is 0.376. The smallest absolute Gasteiger partial charge is 0.276 e. The molecule has 2 aromatic carbocycles. The Morgan fingerprint density at radius 1 is 1.07 bits per heavy atom. The monoisotopic (exact) mass is 396 g/mol. The summed E-state index contributed by atoms with van der Waals surface area (Å²) in [5.74, 6) is -0.502. The minimum Gasteiger partial charge on any atom is -0.298 e. The van der Waals surface area contributed by atoms with E-state index in [4.69, 9.17) is 0 Å². The van der Waals surface area contributed by atoms with E-state index >= 15 is 0 Å². The second-order valence-corrected chi connectivity index (χ2v) is 6.34. The van der Waals surface area contributed by atoms with Crippen LogP contribution in [0.1, 0.15) is 5.56 Å². The van der Waals surface area contributed by atoms with Gasteiger partial charge in [0.1, 0.15) is 0 Å². The van der Waals surface area contributed by atoms with E-state index in [0.717, 1.165) is 11.3 Å². The van der Waals surface area contributed by atoms with Crippen molar-refractivity contribution in [1.82, 2.24) is 4.98 Å². The molecular formula is C18H12N4O5S. The molecule has 10 heteroatoms. The summed E-state index contributed by atoms with van der Waals surface area (Å²) in [6, 6.07) is 12.1. The Kier molecular flexibility index (Phi) is 5.51. The number of para-hydroxylation sites is 1. The molecule has 0 spiro atoms. The van der Waals surface area contributed by atoms with E-state index in [1.54, 1.807) is 29.6 Å². The Morgan fingerprint density at radius 2 is 1.86 bits per heavy atom. The molecule has 0 aliphatic rings.